The highest BCUT2D eigenvalue weighted by molar-refractivity contribution is 4.79. The predicted molar refractivity (Wildman–Crippen MR) is 90.5 cm³/mol. The van der Waals surface area contributed by atoms with Gasteiger partial charge in [-0.15, -0.1) is 0 Å². The smallest absolute Gasteiger partial charge is 0.157 e. The molecule has 1 rings (SSSR count). The Kier molecular flexibility index (Phi) is 13.0. The van der Waals surface area contributed by atoms with Gasteiger partial charge in [0.25, 0.3) is 0 Å². The Balaban J connectivity index is 1.71. The van der Waals surface area contributed by atoms with Gasteiger partial charge in [-0.05, 0) is 44.9 Å². The van der Waals surface area contributed by atoms with Crippen LogP contribution in [0.5, 0.6) is 0 Å². The molecule has 1 saturated heterocycles. The third kappa shape index (κ3) is 11.9. The van der Waals surface area contributed by atoms with Crippen LogP contribution in [0.15, 0.2) is 12.2 Å². The van der Waals surface area contributed by atoms with E-state index in [0.717, 1.165) is 19.6 Å². The molecular formula is C19H36O2. The molecule has 0 aromatic rings. The van der Waals surface area contributed by atoms with Crippen LogP contribution in [-0.4, -0.2) is 19.5 Å². The highest BCUT2D eigenvalue weighted by Crippen LogP contribution is 2.15. The van der Waals surface area contributed by atoms with E-state index in [2.05, 4.69) is 19.1 Å². The Bertz CT molecular complexity index is 232. The summed E-state index contributed by atoms with van der Waals surface area (Å²) in [5.74, 6) is 0. The molecule has 0 radical (unpaired) electrons. The van der Waals surface area contributed by atoms with Crippen LogP contribution < -0.4 is 0 Å². The number of hydrogen-bond acceptors (Lipinski definition) is 2. The lowest BCUT2D eigenvalue weighted by atomic mass is 10.1. The van der Waals surface area contributed by atoms with E-state index >= 15 is 0 Å². The molecule has 1 aliphatic rings. The normalized spacial score (nSPS) is 19.4. The maximum absolute atomic E-state index is 5.75. The van der Waals surface area contributed by atoms with Gasteiger partial charge in [-0.1, -0.05) is 57.6 Å². The van der Waals surface area contributed by atoms with Gasteiger partial charge < -0.3 is 9.47 Å². The minimum absolute atomic E-state index is 0.0977. The molecule has 0 amide bonds. The van der Waals surface area contributed by atoms with E-state index < -0.39 is 0 Å². The van der Waals surface area contributed by atoms with Crippen molar-refractivity contribution in [2.45, 2.75) is 96.7 Å². The molecule has 1 unspecified atom stereocenters. The molecule has 0 aliphatic carbocycles. The SMILES string of the molecule is CCC=CCCCCCCCCCCOC1CCCCO1. The first-order valence-corrected chi connectivity index (χ1v) is 9.31. The van der Waals surface area contributed by atoms with E-state index in [1.54, 1.807) is 0 Å². The summed E-state index contributed by atoms with van der Waals surface area (Å²) in [5, 5.41) is 0. The summed E-state index contributed by atoms with van der Waals surface area (Å²) in [7, 11) is 0. The minimum atomic E-state index is 0.0977. The van der Waals surface area contributed by atoms with Gasteiger partial charge in [0.05, 0.1) is 0 Å². The van der Waals surface area contributed by atoms with Gasteiger partial charge in [-0.3, -0.25) is 0 Å². The first-order valence-electron chi connectivity index (χ1n) is 9.31. The second-order valence-corrected chi connectivity index (χ2v) is 6.16. The number of allylic oxidation sites excluding steroid dienone is 2. The quantitative estimate of drug-likeness (QED) is 0.306. The monoisotopic (exact) mass is 296 g/mol. The summed E-state index contributed by atoms with van der Waals surface area (Å²) < 4.78 is 11.3. The average molecular weight is 296 g/mol. The summed E-state index contributed by atoms with van der Waals surface area (Å²) in [5.41, 5.74) is 0. The highest BCUT2D eigenvalue weighted by atomic mass is 16.7. The van der Waals surface area contributed by atoms with E-state index in [4.69, 9.17) is 9.47 Å². The van der Waals surface area contributed by atoms with Crippen molar-refractivity contribution in [2.24, 2.45) is 0 Å². The Morgan fingerprint density at radius 1 is 0.905 bits per heavy atom. The zero-order valence-electron chi connectivity index (χ0n) is 14.2. The molecule has 1 atom stereocenters. The lowest BCUT2D eigenvalue weighted by Gasteiger charge is -2.22. The first kappa shape index (κ1) is 18.7. The van der Waals surface area contributed by atoms with Crippen LogP contribution in [0.1, 0.15) is 90.4 Å². The number of ether oxygens (including phenoxy) is 2. The van der Waals surface area contributed by atoms with Gasteiger partial charge in [0.15, 0.2) is 6.29 Å². The van der Waals surface area contributed by atoms with Crippen molar-refractivity contribution in [2.75, 3.05) is 13.2 Å². The molecule has 124 valence electrons. The third-order valence-corrected chi connectivity index (χ3v) is 4.11. The van der Waals surface area contributed by atoms with E-state index in [9.17, 15) is 0 Å². The molecule has 0 saturated carbocycles. The molecule has 1 fully saturated rings. The molecule has 1 aliphatic heterocycles. The largest absolute Gasteiger partial charge is 0.353 e. The van der Waals surface area contributed by atoms with Crippen LogP contribution in [0, 0.1) is 0 Å². The van der Waals surface area contributed by atoms with Gasteiger partial charge in [0.2, 0.25) is 0 Å². The van der Waals surface area contributed by atoms with E-state index in [1.807, 2.05) is 0 Å². The maximum atomic E-state index is 5.75. The van der Waals surface area contributed by atoms with Gasteiger partial charge in [0.1, 0.15) is 0 Å². The Labute approximate surface area is 132 Å². The fourth-order valence-electron chi connectivity index (χ4n) is 2.77. The van der Waals surface area contributed by atoms with Crippen molar-refractivity contribution < 1.29 is 9.47 Å². The topological polar surface area (TPSA) is 18.5 Å². The molecule has 1 heterocycles. The highest BCUT2D eigenvalue weighted by Gasteiger charge is 2.13. The standard InChI is InChI=1S/C19H36O2/c1-2-3-4-5-6-7-8-9-10-11-12-14-17-20-19-16-13-15-18-21-19/h3-4,19H,2,5-18H2,1H3. The van der Waals surface area contributed by atoms with Crippen LogP contribution in [0.3, 0.4) is 0 Å². The lowest BCUT2D eigenvalue weighted by Crippen LogP contribution is -2.22. The summed E-state index contributed by atoms with van der Waals surface area (Å²) in [6.07, 6.45) is 21.6. The molecule has 0 bridgehead atoms. The van der Waals surface area contributed by atoms with Crippen LogP contribution in [-0.2, 0) is 9.47 Å². The Morgan fingerprint density at radius 2 is 1.62 bits per heavy atom. The molecule has 2 heteroatoms. The fourth-order valence-corrected chi connectivity index (χ4v) is 2.77. The van der Waals surface area contributed by atoms with Crippen molar-refractivity contribution >= 4 is 0 Å². The van der Waals surface area contributed by atoms with Crippen molar-refractivity contribution in [3.63, 3.8) is 0 Å². The molecule has 0 aromatic heterocycles. The Hall–Kier alpha value is -0.340. The summed E-state index contributed by atoms with van der Waals surface area (Å²) in [6.45, 7) is 3.97. The zero-order valence-corrected chi connectivity index (χ0v) is 14.2. The summed E-state index contributed by atoms with van der Waals surface area (Å²) in [4.78, 5) is 0. The number of unbranched alkanes of at least 4 members (excludes halogenated alkanes) is 8. The van der Waals surface area contributed by atoms with Crippen molar-refractivity contribution in [3.8, 4) is 0 Å². The third-order valence-electron chi connectivity index (χ3n) is 4.11. The molecule has 0 aromatic carbocycles. The molecule has 2 nitrogen and oxygen atoms in total. The second-order valence-electron chi connectivity index (χ2n) is 6.16. The average Bonchev–Trinajstić information content (AvgIpc) is 2.53. The maximum Gasteiger partial charge on any atom is 0.157 e. The first-order chi connectivity index (χ1) is 10.4. The van der Waals surface area contributed by atoms with Crippen LogP contribution in [0.4, 0.5) is 0 Å². The van der Waals surface area contributed by atoms with Crippen LogP contribution in [0.2, 0.25) is 0 Å². The van der Waals surface area contributed by atoms with E-state index in [1.165, 1.54) is 77.0 Å². The van der Waals surface area contributed by atoms with Gasteiger partial charge in [0, 0.05) is 13.2 Å². The lowest BCUT2D eigenvalue weighted by molar-refractivity contribution is -0.162. The van der Waals surface area contributed by atoms with Crippen molar-refractivity contribution in [1.82, 2.24) is 0 Å². The molecular weight excluding hydrogens is 260 g/mol. The molecule has 0 N–H and O–H groups in total. The second kappa shape index (κ2) is 14.6. The van der Waals surface area contributed by atoms with Crippen LogP contribution in [0.25, 0.3) is 0 Å². The van der Waals surface area contributed by atoms with E-state index in [-0.39, 0.29) is 6.29 Å². The van der Waals surface area contributed by atoms with Crippen LogP contribution >= 0.6 is 0 Å². The number of rotatable bonds is 13. The van der Waals surface area contributed by atoms with Crippen molar-refractivity contribution in [1.29, 1.82) is 0 Å². The predicted octanol–water partition coefficient (Wildman–Crippen LogP) is 6.01. The number of hydrogen-bond donors (Lipinski definition) is 0. The summed E-state index contributed by atoms with van der Waals surface area (Å²) >= 11 is 0. The summed E-state index contributed by atoms with van der Waals surface area (Å²) in [6, 6.07) is 0. The van der Waals surface area contributed by atoms with Crippen molar-refractivity contribution in [3.05, 3.63) is 12.2 Å². The van der Waals surface area contributed by atoms with Gasteiger partial charge >= 0.3 is 0 Å². The van der Waals surface area contributed by atoms with Gasteiger partial charge in [-0.2, -0.15) is 0 Å². The van der Waals surface area contributed by atoms with Gasteiger partial charge in [-0.25, -0.2) is 0 Å². The molecule has 21 heavy (non-hydrogen) atoms. The van der Waals surface area contributed by atoms with E-state index in [0.29, 0.717) is 0 Å². The Morgan fingerprint density at radius 3 is 2.29 bits per heavy atom. The fraction of sp³-hybridized carbons (Fsp3) is 0.895. The molecule has 0 spiro atoms. The zero-order chi connectivity index (χ0) is 15.0. The minimum Gasteiger partial charge on any atom is -0.353 e.